The van der Waals surface area contributed by atoms with Crippen LogP contribution in [0.4, 0.5) is 5.69 Å². The Balaban J connectivity index is 2.60. The van der Waals surface area contributed by atoms with E-state index in [9.17, 15) is 0 Å². The lowest BCUT2D eigenvalue weighted by Gasteiger charge is -1.99. The number of pyridine rings is 1. The first kappa shape index (κ1) is 3.37. The zero-order chi connectivity index (χ0) is 9.59. The van der Waals surface area contributed by atoms with E-state index in [4.69, 9.17) is 9.85 Å². The molecular formula is C8H10N2. The Morgan fingerprint density at radius 2 is 2.50 bits per heavy atom. The molecule has 10 heavy (non-hydrogen) atoms. The van der Waals surface area contributed by atoms with Gasteiger partial charge in [-0.3, -0.25) is 4.98 Å². The zero-order valence-electron chi connectivity index (χ0n) is 8.52. The van der Waals surface area contributed by atoms with Gasteiger partial charge in [0, 0.05) is 18.0 Å². The van der Waals surface area contributed by atoms with Crippen LogP contribution in [0.15, 0.2) is 18.4 Å². The fraction of sp³-hybridized carbons (Fsp3) is 0.375. The molecular weight excluding hydrogens is 124 g/mol. The molecule has 1 aliphatic rings. The standard InChI is InChI=1S/C8H10N2/c9-8-3-4-10-5-7(8)6-1-2-6/h3-6H,1-2H2,(H2,9,10)/i3D,4D,5D. The predicted octanol–water partition coefficient (Wildman–Crippen LogP) is 1.54. The van der Waals surface area contributed by atoms with E-state index in [-0.39, 0.29) is 24.1 Å². The van der Waals surface area contributed by atoms with Gasteiger partial charge >= 0.3 is 0 Å². The van der Waals surface area contributed by atoms with Crippen LogP contribution in [0.2, 0.25) is 0 Å². The van der Waals surface area contributed by atoms with Gasteiger partial charge in [0.1, 0.15) is 0 Å². The van der Waals surface area contributed by atoms with Crippen LogP contribution in [0.3, 0.4) is 0 Å². The Hall–Kier alpha value is -1.05. The molecule has 1 saturated carbocycles. The Kier molecular flexibility index (Phi) is 0.666. The molecule has 0 amide bonds. The van der Waals surface area contributed by atoms with Crippen molar-refractivity contribution in [1.29, 1.82) is 0 Å². The SMILES string of the molecule is [2H]c1nc([2H])c(C2CC2)c(N)c1[2H]. The highest BCUT2D eigenvalue weighted by molar-refractivity contribution is 5.47. The zero-order valence-corrected chi connectivity index (χ0v) is 5.52. The number of hydrogen-bond donors (Lipinski definition) is 1. The topological polar surface area (TPSA) is 38.9 Å². The molecule has 0 bridgehead atoms. The highest BCUT2D eigenvalue weighted by Crippen LogP contribution is 2.41. The van der Waals surface area contributed by atoms with Crippen LogP contribution in [-0.2, 0) is 0 Å². The third kappa shape index (κ3) is 0.856. The van der Waals surface area contributed by atoms with Crippen LogP contribution in [0.1, 0.15) is 28.4 Å². The summed E-state index contributed by atoms with van der Waals surface area (Å²) < 4.78 is 22.2. The summed E-state index contributed by atoms with van der Waals surface area (Å²) in [6.45, 7) is 0. The van der Waals surface area contributed by atoms with Gasteiger partial charge in [0.25, 0.3) is 0 Å². The molecule has 0 saturated heterocycles. The Bertz CT molecular complexity index is 361. The second-order valence-electron chi connectivity index (χ2n) is 2.56. The fourth-order valence-electron chi connectivity index (χ4n) is 0.987. The van der Waals surface area contributed by atoms with Gasteiger partial charge in [0.05, 0.1) is 4.11 Å². The molecule has 0 aliphatic heterocycles. The fourth-order valence-corrected chi connectivity index (χ4v) is 0.987. The largest absolute Gasteiger partial charge is 0.398 e. The third-order valence-corrected chi connectivity index (χ3v) is 1.70. The smallest absolute Gasteiger partial charge is 0.0844 e. The van der Waals surface area contributed by atoms with Crippen molar-refractivity contribution in [3.8, 4) is 0 Å². The van der Waals surface area contributed by atoms with E-state index in [0.717, 1.165) is 12.8 Å². The molecule has 1 heterocycles. The number of hydrogen-bond acceptors (Lipinski definition) is 2. The summed E-state index contributed by atoms with van der Waals surface area (Å²) in [4.78, 5) is 3.66. The van der Waals surface area contributed by atoms with E-state index in [2.05, 4.69) is 4.98 Å². The van der Waals surface area contributed by atoms with E-state index in [1.807, 2.05) is 0 Å². The van der Waals surface area contributed by atoms with Crippen molar-refractivity contribution in [2.75, 3.05) is 5.73 Å². The summed E-state index contributed by atoms with van der Waals surface area (Å²) in [7, 11) is 0. The monoisotopic (exact) mass is 137 g/mol. The van der Waals surface area contributed by atoms with Crippen molar-refractivity contribution < 1.29 is 4.11 Å². The van der Waals surface area contributed by atoms with E-state index >= 15 is 0 Å². The molecule has 0 aromatic carbocycles. The molecule has 1 aromatic heterocycles. The van der Waals surface area contributed by atoms with Gasteiger partial charge in [-0.1, -0.05) is 0 Å². The van der Waals surface area contributed by atoms with Crippen LogP contribution in [0, 0.1) is 0 Å². The van der Waals surface area contributed by atoms with Gasteiger partial charge in [-0.2, -0.15) is 0 Å². The third-order valence-electron chi connectivity index (χ3n) is 1.70. The predicted molar refractivity (Wildman–Crippen MR) is 40.6 cm³/mol. The summed E-state index contributed by atoms with van der Waals surface area (Å²) in [6.07, 6.45) is 1.91. The number of rotatable bonds is 1. The molecule has 2 rings (SSSR count). The average Bonchev–Trinajstić information content (AvgIpc) is 2.84. The molecule has 1 aliphatic carbocycles. The van der Waals surface area contributed by atoms with Crippen LogP contribution in [0.25, 0.3) is 0 Å². The van der Waals surface area contributed by atoms with Crippen LogP contribution in [0.5, 0.6) is 0 Å². The summed E-state index contributed by atoms with van der Waals surface area (Å²) in [5.74, 6) is 0.310. The van der Waals surface area contributed by atoms with E-state index in [0.29, 0.717) is 11.5 Å². The minimum Gasteiger partial charge on any atom is -0.398 e. The number of nitrogens with two attached hydrogens (primary N) is 1. The molecule has 2 nitrogen and oxygen atoms in total. The molecule has 0 spiro atoms. The minimum atomic E-state index is -0.202. The lowest BCUT2D eigenvalue weighted by atomic mass is 10.1. The van der Waals surface area contributed by atoms with Gasteiger partial charge in [-0.25, -0.2) is 0 Å². The first-order chi connectivity index (χ1) is 6.11. The van der Waals surface area contributed by atoms with Crippen LogP contribution < -0.4 is 5.73 Å². The Morgan fingerprint density at radius 1 is 1.70 bits per heavy atom. The minimum absolute atomic E-state index is 0.0436. The van der Waals surface area contributed by atoms with Crippen molar-refractivity contribution in [2.24, 2.45) is 0 Å². The molecule has 0 unspecified atom stereocenters. The number of aromatic nitrogens is 1. The maximum Gasteiger partial charge on any atom is 0.0844 e. The summed E-state index contributed by atoms with van der Waals surface area (Å²) in [5.41, 5.74) is 6.60. The normalized spacial score (nSPS) is 21.4. The van der Waals surface area contributed by atoms with Gasteiger partial charge in [0.2, 0.25) is 0 Å². The molecule has 0 atom stereocenters. The van der Waals surface area contributed by atoms with E-state index < -0.39 is 0 Å². The van der Waals surface area contributed by atoms with Gasteiger partial charge in [-0.05, 0) is 30.4 Å². The second-order valence-corrected chi connectivity index (χ2v) is 2.56. The highest BCUT2D eigenvalue weighted by Gasteiger charge is 2.25. The first-order valence-electron chi connectivity index (χ1n) is 4.84. The highest BCUT2D eigenvalue weighted by atomic mass is 14.7. The van der Waals surface area contributed by atoms with Crippen molar-refractivity contribution in [1.82, 2.24) is 4.98 Å². The Labute approximate surface area is 64.3 Å². The molecule has 52 valence electrons. The Morgan fingerprint density at radius 3 is 3.20 bits per heavy atom. The lowest BCUT2D eigenvalue weighted by Crippen LogP contribution is -1.92. The number of nitrogen functional groups attached to an aromatic ring is 1. The van der Waals surface area contributed by atoms with Crippen molar-refractivity contribution in [3.63, 3.8) is 0 Å². The van der Waals surface area contributed by atoms with Crippen molar-refractivity contribution in [2.45, 2.75) is 18.8 Å². The molecule has 1 aromatic rings. The van der Waals surface area contributed by atoms with Crippen LogP contribution in [-0.4, -0.2) is 4.98 Å². The number of nitrogens with zero attached hydrogens (tertiary/aromatic N) is 1. The van der Waals surface area contributed by atoms with Gasteiger partial charge in [0.15, 0.2) is 0 Å². The second kappa shape index (κ2) is 1.97. The molecule has 2 heteroatoms. The number of anilines is 1. The summed E-state index contributed by atoms with van der Waals surface area (Å²) in [5, 5.41) is 0. The quantitative estimate of drug-likeness (QED) is 0.637. The first-order valence-corrected chi connectivity index (χ1v) is 3.34. The van der Waals surface area contributed by atoms with E-state index in [1.54, 1.807) is 0 Å². The molecule has 1 fully saturated rings. The van der Waals surface area contributed by atoms with E-state index in [1.165, 1.54) is 0 Å². The van der Waals surface area contributed by atoms with Crippen molar-refractivity contribution >= 4 is 5.69 Å². The van der Waals surface area contributed by atoms with Crippen molar-refractivity contribution in [3.05, 3.63) is 24.0 Å². The van der Waals surface area contributed by atoms with Gasteiger partial charge in [-0.15, -0.1) is 0 Å². The maximum absolute atomic E-state index is 7.53. The molecule has 0 radical (unpaired) electrons. The lowest BCUT2D eigenvalue weighted by molar-refractivity contribution is 1.10. The summed E-state index contributed by atoms with van der Waals surface area (Å²) >= 11 is 0. The summed E-state index contributed by atoms with van der Waals surface area (Å²) in [6, 6.07) is -0.0436. The van der Waals surface area contributed by atoms with Gasteiger partial charge < -0.3 is 5.73 Å². The maximum atomic E-state index is 7.53. The van der Waals surface area contributed by atoms with Crippen LogP contribution >= 0.6 is 0 Å². The average molecular weight is 137 g/mol. The molecule has 2 N–H and O–H groups in total.